The van der Waals surface area contributed by atoms with E-state index in [-0.39, 0.29) is 18.2 Å². The Bertz CT molecular complexity index is 1310. The smallest absolute Gasteiger partial charge is 0.327 e. The molecule has 2 aromatic carbocycles. The van der Waals surface area contributed by atoms with Gasteiger partial charge in [-0.3, -0.25) is 9.89 Å². The largest absolute Gasteiger partial charge is 0.370 e. The standard InChI is InChI=1S/C30H42N10O/c1-38(2)19-22-14-23(16-26(15-22)39-12-10-33-11-13-39)27-17-24-20-40(30(41)37-28(24)36-27)25-6-4-21(5-7-25)18-34-8-3-9-35-29(31)32/h4-7,14-17,20,28,33-34,36H,3,8-13,18-19H2,1-2H3,(H,37,41)(H4,31,32,35). The number of guanidine groups is 1. The number of rotatable bonds is 11. The van der Waals surface area contributed by atoms with Crippen molar-refractivity contribution in [2.24, 2.45) is 16.5 Å². The molecule has 0 aromatic heterocycles. The van der Waals surface area contributed by atoms with Gasteiger partial charge in [0, 0.05) is 74.5 Å². The van der Waals surface area contributed by atoms with Gasteiger partial charge >= 0.3 is 6.03 Å². The fourth-order valence-corrected chi connectivity index (χ4v) is 5.33. The summed E-state index contributed by atoms with van der Waals surface area (Å²) in [5.41, 5.74) is 18.3. The summed E-state index contributed by atoms with van der Waals surface area (Å²) < 4.78 is 0. The highest BCUT2D eigenvalue weighted by Crippen LogP contribution is 2.31. The van der Waals surface area contributed by atoms with E-state index in [1.807, 2.05) is 30.5 Å². The maximum atomic E-state index is 13.1. The summed E-state index contributed by atoms with van der Waals surface area (Å²) in [6.45, 7) is 6.98. The van der Waals surface area contributed by atoms with Crippen LogP contribution in [0.1, 0.15) is 23.1 Å². The van der Waals surface area contributed by atoms with Gasteiger partial charge in [0.2, 0.25) is 0 Å². The van der Waals surface area contributed by atoms with E-state index in [9.17, 15) is 4.79 Å². The van der Waals surface area contributed by atoms with E-state index in [0.717, 1.165) is 80.3 Å². The molecule has 1 unspecified atom stereocenters. The third-order valence-electron chi connectivity index (χ3n) is 7.33. The van der Waals surface area contributed by atoms with Gasteiger partial charge in [-0.05, 0) is 74.6 Å². The van der Waals surface area contributed by atoms with Gasteiger partial charge in [0.25, 0.3) is 0 Å². The minimum Gasteiger partial charge on any atom is -0.370 e. The van der Waals surface area contributed by atoms with Gasteiger partial charge in [0.15, 0.2) is 5.96 Å². The molecule has 0 radical (unpaired) electrons. The Kier molecular flexibility index (Phi) is 9.07. The molecule has 11 heteroatoms. The third kappa shape index (κ3) is 7.37. The quantitative estimate of drug-likeness (QED) is 0.138. The van der Waals surface area contributed by atoms with Gasteiger partial charge in [0.1, 0.15) is 6.17 Å². The van der Waals surface area contributed by atoms with Gasteiger partial charge < -0.3 is 42.5 Å². The molecule has 3 aliphatic heterocycles. The summed E-state index contributed by atoms with van der Waals surface area (Å²) in [5, 5.41) is 13.5. The lowest BCUT2D eigenvalue weighted by Crippen LogP contribution is -2.51. The molecular weight excluding hydrogens is 516 g/mol. The van der Waals surface area contributed by atoms with E-state index in [4.69, 9.17) is 11.5 Å². The first-order valence-corrected chi connectivity index (χ1v) is 14.3. The summed E-state index contributed by atoms with van der Waals surface area (Å²) in [6.07, 6.45) is 4.69. The summed E-state index contributed by atoms with van der Waals surface area (Å²) in [6, 6.07) is 14.7. The number of benzene rings is 2. The molecule has 11 nitrogen and oxygen atoms in total. The number of nitrogens with zero attached hydrogens (tertiary/aromatic N) is 4. The maximum Gasteiger partial charge on any atom is 0.327 e. The number of nitrogens with one attached hydrogen (secondary N) is 4. The van der Waals surface area contributed by atoms with Crippen LogP contribution in [0.2, 0.25) is 0 Å². The number of carbonyl (C=O) groups excluding carboxylic acids is 1. The van der Waals surface area contributed by atoms with Gasteiger partial charge in [-0.1, -0.05) is 12.1 Å². The van der Waals surface area contributed by atoms with Crippen molar-refractivity contribution in [3.05, 3.63) is 77.0 Å². The second-order valence-electron chi connectivity index (χ2n) is 11.0. The summed E-state index contributed by atoms with van der Waals surface area (Å²) >= 11 is 0. The molecule has 8 N–H and O–H groups in total. The van der Waals surface area contributed by atoms with Gasteiger partial charge in [0.05, 0.1) is 5.69 Å². The number of carbonyl (C=O) groups is 1. The molecule has 0 spiro atoms. The first-order chi connectivity index (χ1) is 19.9. The molecule has 0 saturated carbocycles. The maximum absolute atomic E-state index is 13.1. The van der Waals surface area contributed by atoms with Crippen molar-refractivity contribution in [3.63, 3.8) is 0 Å². The SMILES string of the molecule is CN(C)Cc1cc(C2=CC3=CN(c4ccc(CNCCCN=C(N)N)cc4)C(=O)NC3N2)cc(N2CCNCC2)c1. The van der Waals surface area contributed by atoms with Crippen molar-refractivity contribution in [2.45, 2.75) is 25.7 Å². The van der Waals surface area contributed by atoms with Crippen LogP contribution >= 0.6 is 0 Å². The van der Waals surface area contributed by atoms with E-state index in [1.54, 1.807) is 4.90 Å². The van der Waals surface area contributed by atoms with E-state index >= 15 is 0 Å². The number of anilines is 2. The number of nitrogens with two attached hydrogens (primary N) is 2. The van der Waals surface area contributed by atoms with E-state index < -0.39 is 0 Å². The monoisotopic (exact) mass is 558 g/mol. The average Bonchev–Trinajstić information content (AvgIpc) is 3.37. The minimum absolute atomic E-state index is 0.123. The number of hydrogen-bond donors (Lipinski definition) is 6. The first-order valence-electron chi connectivity index (χ1n) is 14.3. The third-order valence-corrected chi connectivity index (χ3v) is 7.33. The van der Waals surface area contributed by atoms with Gasteiger partial charge in [-0.2, -0.15) is 0 Å². The van der Waals surface area contributed by atoms with Crippen LogP contribution in [-0.4, -0.2) is 76.4 Å². The average molecular weight is 559 g/mol. The van der Waals surface area contributed by atoms with Crippen LogP contribution in [0, 0.1) is 0 Å². The topological polar surface area (TPSA) is 139 Å². The number of urea groups is 1. The van der Waals surface area contributed by atoms with Crippen LogP contribution in [0.25, 0.3) is 5.70 Å². The highest BCUT2D eigenvalue weighted by molar-refractivity contribution is 5.96. The van der Waals surface area contributed by atoms with Crippen molar-refractivity contribution >= 4 is 29.1 Å². The van der Waals surface area contributed by atoms with Crippen molar-refractivity contribution < 1.29 is 4.79 Å². The zero-order valence-corrected chi connectivity index (χ0v) is 24.0. The highest BCUT2D eigenvalue weighted by Gasteiger charge is 2.31. The summed E-state index contributed by atoms with van der Waals surface area (Å²) in [5.74, 6) is 0.123. The predicted octanol–water partition coefficient (Wildman–Crippen LogP) is 1.29. The second kappa shape index (κ2) is 13.1. The molecule has 3 heterocycles. The number of piperazine rings is 1. The van der Waals surface area contributed by atoms with Crippen LogP contribution in [-0.2, 0) is 13.1 Å². The summed E-state index contributed by atoms with van der Waals surface area (Å²) in [7, 11) is 4.18. The zero-order valence-electron chi connectivity index (χ0n) is 24.0. The lowest BCUT2D eigenvalue weighted by atomic mass is 10.0. The number of aliphatic imine (C=N–C) groups is 1. The molecule has 1 fully saturated rings. The Hall–Kier alpha value is -4.06. The molecule has 0 bridgehead atoms. The van der Waals surface area contributed by atoms with Crippen LogP contribution in [0.15, 0.2) is 65.3 Å². The summed E-state index contributed by atoms with van der Waals surface area (Å²) in [4.78, 5) is 23.4. The first kappa shape index (κ1) is 28.5. The Morgan fingerprint density at radius 2 is 1.83 bits per heavy atom. The van der Waals surface area contributed by atoms with Gasteiger partial charge in [-0.15, -0.1) is 0 Å². The second-order valence-corrected chi connectivity index (χ2v) is 11.0. The molecular formula is C30H42N10O. The number of hydrogen-bond acceptors (Lipinski definition) is 7. The Labute approximate surface area is 242 Å². The van der Waals surface area contributed by atoms with Crippen LogP contribution in [0.5, 0.6) is 0 Å². The number of amides is 2. The minimum atomic E-state index is -0.253. The van der Waals surface area contributed by atoms with Crippen molar-refractivity contribution in [2.75, 3.05) is 63.2 Å². The Balaban J connectivity index is 1.29. The molecule has 218 valence electrons. The van der Waals surface area contributed by atoms with Crippen LogP contribution in [0.4, 0.5) is 16.2 Å². The fourth-order valence-electron chi connectivity index (χ4n) is 5.33. The molecule has 41 heavy (non-hydrogen) atoms. The van der Waals surface area contributed by atoms with E-state index in [0.29, 0.717) is 6.54 Å². The van der Waals surface area contributed by atoms with Crippen LogP contribution in [0.3, 0.4) is 0 Å². The van der Waals surface area contributed by atoms with E-state index in [1.165, 1.54) is 11.3 Å². The zero-order chi connectivity index (χ0) is 28.8. The molecule has 2 aromatic rings. The van der Waals surface area contributed by atoms with Gasteiger partial charge in [-0.25, -0.2) is 4.79 Å². The van der Waals surface area contributed by atoms with Crippen molar-refractivity contribution in [1.29, 1.82) is 0 Å². The highest BCUT2D eigenvalue weighted by atomic mass is 16.2. The molecule has 5 rings (SSSR count). The predicted molar refractivity (Wildman–Crippen MR) is 166 cm³/mol. The lowest BCUT2D eigenvalue weighted by molar-refractivity contribution is 0.244. The lowest BCUT2D eigenvalue weighted by Gasteiger charge is -2.31. The van der Waals surface area contributed by atoms with Crippen molar-refractivity contribution in [1.82, 2.24) is 26.2 Å². The fraction of sp³-hybridized carbons (Fsp3) is 0.400. The molecule has 1 saturated heterocycles. The Morgan fingerprint density at radius 3 is 2.56 bits per heavy atom. The molecule has 0 aliphatic carbocycles. The number of fused-ring (bicyclic) bond motifs is 1. The van der Waals surface area contributed by atoms with Crippen LogP contribution < -0.4 is 42.5 Å². The van der Waals surface area contributed by atoms with E-state index in [2.05, 4.69) is 74.4 Å². The van der Waals surface area contributed by atoms with Crippen molar-refractivity contribution in [3.8, 4) is 0 Å². The molecule has 2 amide bonds. The Morgan fingerprint density at radius 1 is 1.05 bits per heavy atom. The molecule has 3 aliphatic rings. The molecule has 1 atom stereocenters. The normalized spacial score (nSPS) is 18.4.